The number of nitrogens with two attached hydrogens (primary N) is 1. The Bertz CT molecular complexity index is 4510. The molecule has 79 heavy (non-hydrogen) atoms. The lowest BCUT2D eigenvalue weighted by atomic mass is 10.1. The summed E-state index contributed by atoms with van der Waals surface area (Å²) >= 11 is 0. The number of phenols is 1. The molecule has 0 bridgehead atoms. The van der Waals surface area contributed by atoms with Crippen molar-refractivity contribution in [3.8, 4) is 5.75 Å². The molecule has 24 nitrogen and oxygen atoms in total. The quantitative estimate of drug-likeness (QED) is 0.0302. The van der Waals surface area contributed by atoms with Crippen LogP contribution in [-0.4, -0.2) is 62.9 Å². The fourth-order valence-electron chi connectivity index (χ4n) is 7.96. The van der Waals surface area contributed by atoms with E-state index < -0.39 is 93.9 Å². The standard InChI is InChI=1S/C51H44N10O14S4/c1-25-14-40(55-57-42-17-30(6)44(18-29(42)5)59-61-49-48(79(73,74)75)22-32-19-35(11-12-37(32)50(49)62)53-51(63)31-7-9-34(52)10-8-31)26(2)13-39(25)54-56-41-15-28(4)43(16-27(41)3)58-60-45-24-38-33(21-47(45)78(70,71)72)20-36(76(64,65)66)23-46(38)77(67,68)69/h7-24,62H,52H2,1-6H3,(H,53,63)(H,64,65,66)(H,67,68,69)(H,70,71,72)(H,73,74,75). The third-order valence-corrected chi connectivity index (χ3v) is 15.7. The molecule has 8 aromatic carbocycles. The predicted molar refractivity (Wildman–Crippen MR) is 292 cm³/mol. The molecule has 0 aliphatic rings. The molecule has 0 spiro atoms. The Morgan fingerprint density at radius 3 is 1.23 bits per heavy atom. The first-order chi connectivity index (χ1) is 36.8. The molecule has 0 aliphatic heterocycles. The van der Waals surface area contributed by atoms with Crippen LogP contribution in [0, 0.1) is 41.5 Å². The first-order valence-electron chi connectivity index (χ1n) is 22.8. The van der Waals surface area contributed by atoms with Gasteiger partial charge in [0.25, 0.3) is 46.4 Å². The van der Waals surface area contributed by atoms with E-state index in [4.69, 9.17) is 5.73 Å². The zero-order valence-electron chi connectivity index (χ0n) is 42.1. The van der Waals surface area contributed by atoms with Gasteiger partial charge in [0, 0.05) is 27.7 Å². The number of anilines is 2. The van der Waals surface area contributed by atoms with Crippen molar-refractivity contribution in [3.63, 3.8) is 0 Å². The molecule has 406 valence electrons. The number of amides is 1. The maximum atomic E-state index is 12.8. The van der Waals surface area contributed by atoms with Crippen LogP contribution in [0.2, 0.25) is 0 Å². The van der Waals surface area contributed by atoms with Crippen molar-refractivity contribution in [2.45, 2.75) is 61.1 Å². The van der Waals surface area contributed by atoms with Gasteiger partial charge in [-0.15, -0.1) is 10.2 Å². The number of azo groups is 4. The summed E-state index contributed by atoms with van der Waals surface area (Å²) < 4.78 is 138. The monoisotopic (exact) mass is 1150 g/mol. The number of aryl methyl sites for hydroxylation is 6. The Kier molecular flexibility index (Phi) is 15.3. The Morgan fingerprint density at radius 2 is 0.810 bits per heavy atom. The minimum absolute atomic E-state index is 0.163. The van der Waals surface area contributed by atoms with Crippen molar-refractivity contribution in [1.29, 1.82) is 0 Å². The molecule has 28 heteroatoms. The number of carbonyl (C=O) groups excluding carboxylic acids is 1. The maximum Gasteiger partial charge on any atom is 0.296 e. The highest BCUT2D eigenvalue weighted by atomic mass is 32.2. The Balaban J connectivity index is 0.999. The number of phenolic OH excluding ortho intramolecular Hbond substituents is 1. The molecular formula is C51H44N10O14S4. The number of nitrogen functional groups attached to an aromatic ring is 1. The van der Waals surface area contributed by atoms with Gasteiger partial charge in [-0.3, -0.25) is 23.0 Å². The van der Waals surface area contributed by atoms with E-state index in [1.807, 2.05) is 0 Å². The van der Waals surface area contributed by atoms with Gasteiger partial charge in [-0.1, -0.05) is 0 Å². The topological polar surface area (TPSA) is 392 Å². The second-order valence-corrected chi connectivity index (χ2v) is 23.6. The highest BCUT2D eigenvalue weighted by Gasteiger charge is 2.26. The molecule has 0 aromatic heterocycles. The van der Waals surface area contributed by atoms with Crippen molar-refractivity contribution < 1.29 is 61.8 Å². The first kappa shape index (κ1) is 56.6. The van der Waals surface area contributed by atoms with Gasteiger partial charge < -0.3 is 16.2 Å². The van der Waals surface area contributed by atoms with Crippen molar-refractivity contribution >= 4 is 125 Å². The third kappa shape index (κ3) is 12.6. The average molecular weight is 1150 g/mol. The van der Waals surface area contributed by atoms with Crippen LogP contribution in [0.5, 0.6) is 5.75 Å². The largest absolute Gasteiger partial charge is 0.505 e. The van der Waals surface area contributed by atoms with Crippen molar-refractivity contribution in [1.82, 2.24) is 0 Å². The second kappa shape index (κ2) is 21.3. The number of carbonyl (C=O) groups is 1. The van der Waals surface area contributed by atoms with Crippen LogP contribution in [0.3, 0.4) is 0 Å². The summed E-state index contributed by atoms with van der Waals surface area (Å²) in [5.74, 6) is -1.05. The van der Waals surface area contributed by atoms with Gasteiger partial charge in [-0.05, 0) is 195 Å². The van der Waals surface area contributed by atoms with Crippen molar-refractivity contribution in [2.75, 3.05) is 11.1 Å². The molecule has 0 atom stereocenters. The van der Waals surface area contributed by atoms with E-state index in [1.54, 1.807) is 90.1 Å². The van der Waals surface area contributed by atoms with Crippen LogP contribution in [-0.2, 0) is 40.5 Å². The lowest BCUT2D eigenvalue weighted by molar-refractivity contribution is 0.102. The highest BCUT2D eigenvalue weighted by Crippen LogP contribution is 2.44. The first-order valence-corrected chi connectivity index (χ1v) is 28.6. The minimum Gasteiger partial charge on any atom is -0.505 e. The molecule has 1 amide bonds. The molecule has 8 N–H and O–H groups in total. The summed E-state index contributed by atoms with van der Waals surface area (Å²) in [6, 6.07) is 24.5. The van der Waals surface area contributed by atoms with Gasteiger partial charge in [0.2, 0.25) is 0 Å². The lowest BCUT2D eigenvalue weighted by Crippen LogP contribution is -2.11. The number of hydrogen-bond donors (Lipinski definition) is 7. The number of hydrogen-bond acceptors (Lipinski definition) is 19. The fraction of sp³-hybridized carbons (Fsp3) is 0.118. The van der Waals surface area contributed by atoms with E-state index in [1.165, 1.54) is 30.3 Å². The smallest absolute Gasteiger partial charge is 0.296 e. The van der Waals surface area contributed by atoms with Crippen molar-refractivity contribution in [3.05, 3.63) is 148 Å². The summed E-state index contributed by atoms with van der Waals surface area (Å²) in [6.45, 7) is 10.4. The summed E-state index contributed by atoms with van der Waals surface area (Å²) in [7, 11) is -20.2. The Hall–Kier alpha value is -8.61. The summed E-state index contributed by atoms with van der Waals surface area (Å²) in [4.78, 5) is 9.22. The maximum absolute atomic E-state index is 12.8. The van der Waals surface area contributed by atoms with Gasteiger partial charge >= 0.3 is 0 Å². The molecule has 0 unspecified atom stereocenters. The molecule has 8 rings (SSSR count). The predicted octanol–water partition coefficient (Wildman–Crippen LogP) is 13.0. The molecule has 0 radical (unpaired) electrons. The number of rotatable bonds is 14. The minimum atomic E-state index is -5.16. The number of fused-ring (bicyclic) bond motifs is 2. The molecule has 0 heterocycles. The zero-order chi connectivity index (χ0) is 57.7. The number of aromatic hydroxyl groups is 1. The van der Waals surface area contributed by atoms with E-state index in [-0.39, 0.29) is 22.1 Å². The lowest BCUT2D eigenvalue weighted by Gasteiger charge is -2.11. The van der Waals surface area contributed by atoms with Crippen LogP contribution >= 0.6 is 0 Å². The van der Waals surface area contributed by atoms with E-state index in [2.05, 4.69) is 46.2 Å². The number of benzene rings is 8. The summed E-state index contributed by atoms with van der Waals surface area (Å²) in [5, 5.41) is 47.8. The third-order valence-electron chi connectivity index (χ3n) is 12.2. The van der Waals surface area contributed by atoms with Crippen molar-refractivity contribution in [2.24, 2.45) is 40.9 Å². The Morgan fingerprint density at radius 1 is 0.418 bits per heavy atom. The molecule has 0 saturated carbocycles. The zero-order valence-corrected chi connectivity index (χ0v) is 45.4. The second-order valence-electron chi connectivity index (χ2n) is 18.0. The summed E-state index contributed by atoms with van der Waals surface area (Å²) in [6.07, 6.45) is 0. The van der Waals surface area contributed by atoms with Crippen LogP contribution in [0.25, 0.3) is 21.5 Å². The van der Waals surface area contributed by atoms with Gasteiger partial charge in [-0.2, -0.15) is 64.4 Å². The van der Waals surface area contributed by atoms with E-state index in [0.29, 0.717) is 85.2 Å². The van der Waals surface area contributed by atoms with Crippen LogP contribution in [0.15, 0.2) is 170 Å². The van der Waals surface area contributed by atoms with Crippen LogP contribution in [0.1, 0.15) is 43.7 Å². The van der Waals surface area contributed by atoms with E-state index in [0.717, 1.165) is 18.2 Å². The van der Waals surface area contributed by atoms with E-state index >= 15 is 0 Å². The Labute approximate surface area is 451 Å². The normalized spacial score (nSPS) is 12.8. The molecule has 0 saturated heterocycles. The number of nitrogens with one attached hydrogen (secondary N) is 1. The van der Waals surface area contributed by atoms with Crippen LogP contribution in [0.4, 0.5) is 56.9 Å². The fourth-order valence-corrected chi connectivity index (χ4v) is 10.6. The van der Waals surface area contributed by atoms with E-state index in [9.17, 15) is 61.8 Å². The van der Waals surface area contributed by atoms with Gasteiger partial charge in [0.05, 0.1) is 39.0 Å². The molecular weight excluding hydrogens is 1100 g/mol. The molecule has 0 aliphatic carbocycles. The molecule has 8 aromatic rings. The SMILES string of the molecule is Cc1cc(N=Nc2cc(C)c(N=Nc3c(S(=O)(=O)O)cc4cc(NC(=O)c5ccc(N)cc5)ccc4c3O)cc2C)c(C)cc1N=Nc1cc(C)c(N=Nc2cc3c(S(=O)(=O)O)cc(S(=O)(=O)O)cc3cc2S(=O)(=O)O)cc1C. The van der Waals surface area contributed by atoms with Gasteiger partial charge in [-0.25, -0.2) is 0 Å². The molecule has 0 fully saturated rings. The average Bonchev–Trinajstić information content (AvgIpc) is 3.44. The summed E-state index contributed by atoms with van der Waals surface area (Å²) in [5.41, 5.74) is 11.7. The van der Waals surface area contributed by atoms with Gasteiger partial charge in [0.1, 0.15) is 26.1 Å². The van der Waals surface area contributed by atoms with Crippen LogP contribution < -0.4 is 11.1 Å². The number of nitrogens with zero attached hydrogens (tertiary/aromatic N) is 8. The van der Waals surface area contributed by atoms with Gasteiger partial charge in [0.15, 0.2) is 5.75 Å². The highest BCUT2D eigenvalue weighted by molar-refractivity contribution is 7.87.